The Morgan fingerprint density at radius 3 is 2.37 bits per heavy atom. The molecule has 0 atom stereocenters. The number of thioether (sulfide) groups is 1. The fourth-order valence-corrected chi connectivity index (χ4v) is 2.31. The van der Waals surface area contributed by atoms with Gasteiger partial charge in [0, 0.05) is 6.07 Å². The molecule has 0 saturated carbocycles. The molecular formula is C15H13NO2S. The minimum Gasteiger partial charge on any atom is -0.258 e. The summed E-state index contributed by atoms with van der Waals surface area (Å²) in [4.78, 5) is 11.2. The van der Waals surface area contributed by atoms with Gasteiger partial charge in [0.1, 0.15) is 0 Å². The molecule has 0 radical (unpaired) electrons. The minimum atomic E-state index is -0.351. The second-order valence-electron chi connectivity index (χ2n) is 3.93. The van der Waals surface area contributed by atoms with Gasteiger partial charge in [-0.05, 0) is 29.5 Å². The van der Waals surface area contributed by atoms with Gasteiger partial charge in [0.15, 0.2) is 0 Å². The van der Waals surface area contributed by atoms with E-state index in [1.165, 1.54) is 11.8 Å². The number of nitro groups is 1. The van der Waals surface area contributed by atoms with Crippen molar-refractivity contribution in [2.24, 2.45) is 0 Å². The monoisotopic (exact) mass is 271 g/mol. The molecule has 96 valence electrons. The molecule has 0 fully saturated rings. The molecule has 0 aliphatic heterocycles. The third-order valence-corrected chi connectivity index (χ3v) is 3.44. The van der Waals surface area contributed by atoms with E-state index in [-0.39, 0.29) is 10.6 Å². The first-order valence-electron chi connectivity index (χ1n) is 5.76. The topological polar surface area (TPSA) is 43.1 Å². The van der Waals surface area contributed by atoms with Gasteiger partial charge in [0.05, 0.1) is 9.82 Å². The van der Waals surface area contributed by atoms with Crippen LogP contribution >= 0.6 is 11.8 Å². The highest BCUT2D eigenvalue weighted by molar-refractivity contribution is 7.98. The van der Waals surface area contributed by atoms with Crippen LogP contribution < -0.4 is 0 Å². The van der Waals surface area contributed by atoms with Crippen molar-refractivity contribution >= 4 is 29.6 Å². The zero-order valence-corrected chi connectivity index (χ0v) is 11.3. The normalized spacial score (nSPS) is 10.8. The van der Waals surface area contributed by atoms with Crippen LogP contribution in [0.25, 0.3) is 12.2 Å². The Morgan fingerprint density at radius 1 is 1.05 bits per heavy atom. The Hall–Kier alpha value is -2.07. The van der Waals surface area contributed by atoms with E-state index in [4.69, 9.17) is 0 Å². The van der Waals surface area contributed by atoms with Crippen molar-refractivity contribution in [1.29, 1.82) is 0 Å². The van der Waals surface area contributed by atoms with Gasteiger partial charge in [-0.3, -0.25) is 10.1 Å². The smallest absolute Gasteiger partial charge is 0.258 e. The molecule has 0 unspecified atom stereocenters. The van der Waals surface area contributed by atoms with Crippen LogP contribution in [-0.4, -0.2) is 11.2 Å². The Morgan fingerprint density at radius 2 is 1.74 bits per heavy atom. The van der Waals surface area contributed by atoms with Gasteiger partial charge >= 0.3 is 0 Å². The van der Waals surface area contributed by atoms with Crippen LogP contribution in [-0.2, 0) is 0 Å². The van der Waals surface area contributed by atoms with Gasteiger partial charge in [-0.2, -0.15) is 0 Å². The molecule has 19 heavy (non-hydrogen) atoms. The number of benzene rings is 2. The van der Waals surface area contributed by atoms with Crippen LogP contribution in [0, 0.1) is 10.1 Å². The maximum absolute atomic E-state index is 10.8. The van der Waals surface area contributed by atoms with Crippen LogP contribution in [0.3, 0.4) is 0 Å². The van der Waals surface area contributed by atoms with Crippen molar-refractivity contribution in [3.8, 4) is 0 Å². The van der Waals surface area contributed by atoms with E-state index < -0.39 is 0 Å². The Kier molecular flexibility index (Phi) is 4.36. The summed E-state index contributed by atoms with van der Waals surface area (Å²) in [6.07, 6.45) is 5.79. The molecule has 2 rings (SSSR count). The van der Waals surface area contributed by atoms with Crippen molar-refractivity contribution < 1.29 is 4.92 Å². The maximum atomic E-state index is 10.8. The van der Waals surface area contributed by atoms with E-state index in [1.807, 2.05) is 54.8 Å². The first-order valence-corrected chi connectivity index (χ1v) is 6.99. The molecule has 0 amide bonds. The van der Waals surface area contributed by atoms with Crippen LogP contribution in [0.4, 0.5) is 5.69 Å². The molecule has 0 aliphatic carbocycles. The summed E-state index contributed by atoms with van der Waals surface area (Å²) in [5.41, 5.74) is 2.22. The van der Waals surface area contributed by atoms with E-state index in [0.29, 0.717) is 4.90 Å². The van der Waals surface area contributed by atoms with Crippen molar-refractivity contribution in [2.45, 2.75) is 4.90 Å². The fraction of sp³-hybridized carbons (Fsp3) is 0.0667. The van der Waals surface area contributed by atoms with Crippen LogP contribution in [0.5, 0.6) is 0 Å². The van der Waals surface area contributed by atoms with Crippen molar-refractivity contribution in [3.63, 3.8) is 0 Å². The number of rotatable bonds is 4. The molecule has 0 spiro atoms. The van der Waals surface area contributed by atoms with Gasteiger partial charge in [0.25, 0.3) is 5.69 Å². The van der Waals surface area contributed by atoms with E-state index in [9.17, 15) is 10.1 Å². The molecule has 2 aromatic carbocycles. The summed E-state index contributed by atoms with van der Waals surface area (Å²) < 4.78 is 0. The average Bonchev–Trinajstić information content (AvgIpc) is 2.45. The highest BCUT2D eigenvalue weighted by atomic mass is 32.2. The summed E-state index contributed by atoms with van der Waals surface area (Å²) >= 11 is 1.38. The Bertz CT molecular complexity index is 609. The molecule has 0 bridgehead atoms. The zero-order chi connectivity index (χ0) is 13.7. The van der Waals surface area contributed by atoms with E-state index >= 15 is 0 Å². The summed E-state index contributed by atoms with van der Waals surface area (Å²) in [6, 6.07) is 15.1. The molecule has 0 aliphatic rings. The lowest BCUT2D eigenvalue weighted by atomic mass is 10.1. The molecular weight excluding hydrogens is 258 g/mol. The summed E-state index contributed by atoms with van der Waals surface area (Å²) in [7, 11) is 0. The Labute approximate surface area is 116 Å². The highest BCUT2D eigenvalue weighted by Gasteiger charge is 2.12. The molecule has 0 saturated heterocycles. The lowest BCUT2D eigenvalue weighted by Gasteiger charge is -2.01. The number of nitrogens with zero attached hydrogens (tertiary/aromatic N) is 1. The van der Waals surface area contributed by atoms with Gasteiger partial charge in [0.2, 0.25) is 0 Å². The summed E-state index contributed by atoms with van der Waals surface area (Å²) in [6.45, 7) is 0. The lowest BCUT2D eigenvalue weighted by molar-refractivity contribution is -0.387. The van der Waals surface area contributed by atoms with Crippen molar-refractivity contribution in [1.82, 2.24) is 0 Å². The summed E-state index contributed by atoms with van der Waals surface area (Å²) in [5, 5.41) is 10.8. The van der Waals surface area contributed by atoms with Crippen molar-refractivity contribution in [2.75, 3.05) is 6.26 Å². The van der Waals surface area contributed by atoms with E-state index in [1.54, 1.807) is 12.1 Å². The van der Waals surface area contributed by atoms with Crippen LogP contribution in [0.15, 0.2) is 53.4 Å². The van der Waals surface area contributed by atoms with Gasteiger partial charge < -0.3 is 0 Å². The van der Waals surface area contributed by atoms with E-state index in [2.05, 4.69) is 0 Å². The average molecular weight is 271 g/mol. The number of hydrogen-bond donors (Lipinski definition) is 0. The van der Waals surface area contributed by atoms with Crippen LogP contribution in [0.1, 0.15) is 11.1 Å². The maximum Gasteiger partial charge on any atom is 0.282 e. The Balaban J connectivity index is 2.27. The largest absolute Gasteiger partial charge is 0.282 e. The second-order valence-corrected chi connectivity index (χ2v) is 4.78. The van der Waals surface area contributed by atoms with Gasteiger partial charge in [-0.25, -0.2) is 0 Å². The molecule has 0 N–H and O–H groups in total. The number of nitro benzene ring substituents is 1. The quantitative estimate of drug-likeness (QED) is 0.356. The van der Waals surface area contributed by atoms with Crippen molar-refractivity contribution in [3.05, 3.63) is 69.8 Å². The lowest BCUT2D eigenvalue weighted by Crippen LogP contribution is -1.90. The standard InChI is InChI=1S/C15H13NO2S/c1-19-15-11-13(9-10-14(15)16(17)18)8-7-12-5-3-2-4-6-12/h2-11H,1H3/b8-7+. The van der Waals surface area contributed by atoms with Gasteiger partial charge in [-0.15, -0.1) is 11.8 Å². The molecule has 0 heterocycles. The molecule has 3 nitrogen and oxygen atoms in total. The molecule has 4 heteroatoms. The molecule has 0 aromatic heterocycles. The minimum absolute atomic E-state index is 0.157. The SMILES string of the molecule is CSc1cc(/C=C/c2ccccc2)ccc1[N+](=O)[O-]. The van der Waals surface area contributed by atoms with Gasteiger partial charge in [-0.1, -0.05) is 42.5 Å². The predicted octanol–water partition coefficient (Wildman–Crippen LogP) is 4.49. The summed E-state index contributed by atoms with van der Waals surface area (Å²) in [5.74, 6) is 0. The molecule has 2 aromatic rings. The highest BCUT2D eigenvalue weighted by Crippen LogP contribution is 2.28. The third-order valence-electron chi connectivity index (χ3n) is 2.67. The van der Waals surface area contributed by atoms with E-state index in [0.717, 1.165) is 11.1 Å². The third kappa shape index (κ3) is 3.45. The number of hydrogen-bond acceptors (Lipinski definition) is 3. The predicted molar refractivity (Wildman–Crippen MR) is 80.2 cm³/mol. The first kappa shape index (κ1) is 13.4. The zero-order valence-electron chi connectivity index (χ0n) is 10.4. The second kappa shape index (κ2) is 6.20. The fourth-order valence-electron chi connectivity index (χ4n) is 1.71. The van der Waals surface area contributed by atoms with Crippen LogP contribution in [0.2, 0.25) is 0 Å². The first-order chi connectivity index (χ1) is 9.20.